The zero-order valence-corrected chi connectivity index (χ0v) is 13.9. The molecule has 0 bridgehead atoms. The van der Waals surface area contributed by atoms with E-state index in [-0.39, 0.29) is 12.1 Å². The summed E-state index contributed by atoms with van der Waals surface area (Å²) in [5.41, 5.74) is 0.423. The van der Waals surface area contributed by atoms with Gasteiger partial charge in [-0.3, -0.25) is 4.79 Å². The van der Waals surface area contributed by atoms with Crippen molar-refractivity contribution in [1.29, 1.82) is 0 Å². The highest BCUT2D eigenvalue weighted by molar-refractivity contribution is 5.85. The lowest BCUT2D eigenvalue weighted by atomic mass is 9.99. The number of hydrogen-bond acceptors (Lipinski definition) is 3. The molecule has 1 N–H and O–H groups in total. The Morgan fingerprint density at radius 1 is 1.16 bits per heavy atom. The van der Waals surface area contributed by atoms with Gasteiger partial charge < -0.3 is 15.0 Å². The van der Waals surface area contributed by atoms with Crippen LogP contribution in [0.4, 0.5) is 8.78 Å². The Morgan fingerprint density at radius 3 is 2.56 bits per heavy atom. The SMILES string of the molecule is COc1ccccc1C1CNCCN1C(=O)C(F)(F)c1ccccc1. The van der Waals surface area contributed by atoms with Crippen molar-refractivity contribution in [3.63, 3.8) is 0 Å². The van der Waals surface area contributed by atoms with Crippen molar-refractivity contribution in [1.82, 2.24) is 10.2 Å². The summed E-state index contributed by atoms with van der Waals surface area (Å²) >= 11 is 0. The van der Waals surface area contributed by atoms with Crippen molar-refractivity contribution in [3.8, 4) is 5.75 Å². The Balaban J connectivity index is 1.94. The summed E-state index contributed by atoms with van der Waals surface area (Å²) in [7, 11) is 1.53. The minimum Gasteiger partial charge on any atom is -0.496 e. The first-order chi connectivity index (χ1) is 12.1. The molecular weight excluding hydrogens is 326 g/mol. The standard InChI is InChI=1S/C19H20F2N2O2/c1-25-17-10-6-5-9-15(17)16-13-22-11-12-23(16)18(24)19(20,21)14-7-3-2-4-8-14/h2-10,16,22H,11-13H2,1H3. The van der Waals surface area contributed by atoms with Crippen LogP contribution in [-0.4, -0.2) is 37.6 Å². The molecule has 2 aromatic rings. The van der Waals surface area contributed by atoms with Crippen molar-refractivity contribution < 1.29 is 18.3 Å². The molecule has 25 heavy (non-hydrogen) atoms. The second kappa shape index (κ2) is 7.19. The van der Waals surface area contributed by atoms with E-state index >= 15 is 0 Å². The third-order valence-electron chi connectivity index (χ3n) is 4.41. The summed E-state index contributed by atoms with van der Waals surface area (Å²) in [5, 5.41) is 3.17. The first-order valence-corrected chi connectivity index (χ1v) is 8.13. The van der Waals surface area contributed by atoms with E-state index in [2.05, 4.69) is 5.32 Å². The molecule has 3 rings (SSSR count). The highest BCUT2D eigenvalue weighted by atomic mass is 19.3. The van der Waals surface area contributed by atoms with Crippen molar-refractivity contribution in [3.05, 3.63) is 65.7 Å². The molecule has 0 radical (unpaired) electrons. The van der Waals surface area contributed by atoms with Gasteiger partial charge in [0, 0.05) is 30.8 Å². The van der Waals surface area contributed by atoms with E-state index in [0.29, 0.717) is 18.8 Å². The van der Waals surface area contributed by atoms with Crippen molar-refractivity contribution in [2.24, 2.45) is 0 Å². The van der Waals surface area contributed by atoms with Crippen LogP contribution in [0.2, 0.25) is 0 Å². The van der Waals surface area contributed by atoms with E-state index in [1.807, 2.05) is 12.1 Å². The number of amides is 1. The van der Waals surface area contributed by atoms with Crippen LogP contribution in [0.25, 0.3) is 0 Å². The average molecular weight is 346 g/mol. The molecule has 1 amide bonds. The van der Waals surface area contributed by atoms with Gasteiger partial charge >= 0.3 is 5.92 Å². The highest BCUT2D eigenvalue weighted by Crippen LogP contribution is 2.36. The smallest absolute Gasteiger partial charge is 0.349 e. The second-order valence-corrected chi connectivity index (χ2v) is 5.90. The molecule has 0 aromatic heterocycles. The maximum absolute atomic E-state index is 14.8. The number of carbonyl (C=O) groups is 1. The molecule has 132 valence electrons. The highest BCUT2D eigenvalue weighted by Gasteiger charge is 2.46. The Labute approximate surface area is 145 Å². The van der Waals surface area contributed by atoms with E-state index in [0.717, 1.165) is 5.56 Å². The molecule has 1 aliphatic rings. The van der Waals surface area contributed by atoms with E-state index < -0.39 is 17.9 Å². The van der Waals surface area contributed by atoms with Crippen molar-refractivity contribution in [2.75, 3.05) is 26.7 Å². The molecule has 1 atom stereocenters. The Hall–Kier alpha value is -2.47. The molecule has 1 heterocycles. The quantitative estimate of drug-likeness (QED) is 0.925. The van der Waals surface area contributed by atoms with Crippen LogP contribution in [0, 0.1) is 0 Å². The van der Waals surface area contributed by atoms with Gasteiger partial charge in [0.1, 0.15) is 5.75 Å². The first kappa shape index (κ1) is 17.4. The van der Waals surface area contributed by atoms with Crippen LogP contribution in [0.15, 0.2) is 54.6 Å². The number of nitrogens with one attached hydrogen (secondary N) is 1. The molecule has 0 spiro atoms. The number of rotatable bonds is 4. The maximum Gasteiger partial charge on any atom is 0.349 e. The molecule has 4 nitrogen and oxygen atoms in total. The lowest BCUT2D eigenvalue weighted by Gasteiger charge is -2.38. The molecule has 6 heteroatoms. The van der Waals surface area contributed by atoms with E-state index in [9.17, 15) is 13.6 Å². The number of halogens is 2. The van der Waals surface area contributed by atoms with Crippen LogP contribution >= 0.6 is 0 Å². The largest absolute Gasteiger partial charge is 0.496 e. The van der Waals surface area contributed by atoms with Crippen LogP contribution in [0.3, 0.4) is 0 Å². The van der Waals surface area contributed by atoms with E-state index in [4.69, 9.17) is 4.74 Å². The predicted molar refractivity (Wildman–Crippen MR) is 90.7 cm³/mol. The molecule has 0 aliphatic carbocycles. The number of para-hydroxylation sites is 1. The molecule has 1 saturated heterocycles. The fraction of sp³-hybridized carbons (Fsp3) is 0.316. The van der Waals surface area contributed by atoms with Gasteiger partial charge in [0.05, 0.1) is 13.2 Å². The summed E-state index contributed by atoms with van der Waals surface area (Å²) in [6, 6.07) is 13.9. The molecule has 0 saturated carbocycles. The topological polar surface area (TPSA) is 41.6 Å². The number of piperazine rings is 1. The fourth-order valence-electron chi connectivity index (χ4n) is 3.12. The fourth-order valence-corrected chi connectivity index (χ4v) is 3.12. The van der Waals surface area contributed by atoms with Crippen molar-refractivity contribution >= 4 is 5.91 Å². The zero-order chi connectivity index (χ0) is 17.9. The van der Waals surface area contributed by atoms with Gasteiger partial charge in [-0.15, -0.1) is 0 Å². The second-order valence-electron chi connectivity index (χ2n) is 5.90. The van der Waals surface area contributed by atoms with Crippen LogP contribution < -0.4 is 10.1 Å². The minimum absolute atomic E-state index is 0.212. The molecule has 1 fully saturated rings. The third-order valence-corrected chi connectivity index (χ3v) is 4.41. The number of nitrogens with zero attached hydrogens (tertiary/aromatic N) is 1. The van der Waals surface area contributed by atoms with Gasteiger partial charge in [0.25, 0.3) is 5.91 Å². The molecular formula is C19H20F2N2O2. The number of alkyl halides is 2. The maximum atomic E-state index is 14.8. The zero-order valence-electron chi connectivity index (χ0n) is 13.9. The van der Waals surface area contributed by atoms with Crippen LogP contribution in [0.1, 0.15) is 17.2 Å². The normalized spacial score (nSPS) is 18.0. The Bertz CT molecular complexity index is 737. The number of ether oxygens (including phenoxy) is 1. The van der Waals surface area contributed by atoms with Crippen LogP contribution in [0.5, 0.6) is 5.75 Å². The van der Waals surface area contributed by atoms with Gasteiger partial charge in [-0.25, -0.2) is 0 Å². The van der Waals surface area contributed by atoms with Gasteiger partial charge in [-0.05, 0) is 6.07 Å². The molecule has 2 aromatic carbocycles. The lowest BCUT2D eigenvalue weighted by molar-refractivity contribution is -0.162. The van der Waals surface area contributed by atoms with Crippen molar-refractivity contribution in [2.45, 2.75) is 12.0 Å². The minimum atomic E-state index is -3.57. The first-order valence-electron chi connectivity index (χ1n) is 8.13. The number of methoxy groups -OCH3 is 1. The monoisotopic (exact) mass is 346 g/mol. The number of hydrogen-bond donors (Lipinski definition) is 1. The summed E-state index contributed by atoms with van der Waals surface area (Å²) in [6.45, 7) is 1.09. The summed E-state index contributed by atoms with van der Waals surface area (Å²) in [5.74, 6) is -4.17. The molecule has 1 aliphatic heterocycles. The Kier molecular flexibility index (Phi) is 4.99. The third kappa shape index (κ3) is 3.35. The van der Waals surface area contributed by atoms with Gasteiger partial charge in [-0.2, -0.15) is 8.78 Å². The van der Waals surface area contributed by atoms with Gasteiger partial charge in [0.15, 0.2) is 0 Å². The van der Waals surface area contributed by atoms with Gasteiger partial charge in [-0.1, -0.05) is 48.5 Å². The number of benzene rings is 2. The van der Waals surface area contributed by atoms with E-state index in [1.54, 1.807) is 18.2 Å². The molecule has 1 unspecified atom stereocenters. The Morgan fingerprint density at radius 2 is 1.84 bits per heavy atom. The summed E-state index contributed by atoms with van der Waals surface area (Å²) < 4.78 is 34.9. The van der Waals surface area contributed by atoms with Gasteiger partial charge in [0.2, 0.25) is 0 Å². The van der Waals surface area contributed by atoms with E-state index in [1.165, 1.54) is 36.3 Å². The summed E-state index contributed by atoms with van der Waals surface area (Å²) in [4.78, 5) is 14.0. The summed E-state index contributed by atoms with van der Waals surface area (Å²) in [6.07, 6.45) is 0. The average Bonchev–Trinajstić information content (AvgIpc) is 2.68. The lowest BCUT2D eigenvalue weighted by Crippen LogP contribution is -2.52. The number of carbonyl (C=O) groups excluding carboxylic acids is 1. The predicted octanol–water partition coefficient (Wildman–Crippen LogP) is 2.96. The van der Waals surface area contributed by atoms with Crippen LogP contribution in [-0.2, 0) is 10.7 Å².